The Balaban J connectivity index is 1.97. The van der Waals surface area contributed by atoms with Crippen LogP contribution in [-0.4, -0.2) is 39.2 Å². The maximum absolute atomic E-state index is 12.7. The summed E-state index contributed by atoms with van der Waals surface area (Å²) in [6.07, 6.45) is 1.78. The summed E-state index contributed by atoms with van der Waals surface area (Å²) in [7, 11) is 0. The van der Waals surface area contributed by atoms with E-state index in [0.29, 0.717) is 6.54 Å². The topological polar surface area (TPSA) is 63.6 Å². The van der Waals surface area contributed by atoms with E-state index >= 15 is 0 Å². The molecule has 6 heteroatoms. The van der Waals surface area contributed by atoms with Crippen molar-refractivity contribution in [1.29, 1.82) is 0 Å². The highest BCUT2D eigenvalue weighted by atomic mass is 16.6. The fourth-order valence-corrected chi connectivity index (χ4v) is 3.02. The quantitative estimate of drug-likeness (QED) is 0.923. The van der Waals surface area contributed by atoms with Gasteiger partial charge in [-0.25, -0.2) is 4.79 Å². The first-order valence-corrected chi connectivity index (χ1v) is 8.44. The van der Waals surface area contributed by atoms with E-state index in [9.17, 15) is 9.59 Å². The lowest BCUT2D eigenvalue weighted by Gasteiger charge is -2.37. The molecule has 1 aromatic heterocycles. The lowest BCUT2D eigenvalue weighted by Crippen LogP contribution is -2.50. The van der Waals surface area contributed by atoms with Gasteiger partial charge in [-0.15, -0.1) is 0 Å². The van der Waals surface area contributed by atoms with E-state index in [1.807, 2.05) is 64.8 Å². The van der Waals surface area contributed by atoms with Crippen molar-refractivity contribution >= 4 is 12.0 Å². The number of hydrogen-bond acceptors (Lipinski definition) is 3. The highest BCUT2D eigenvalue weighted by Crippen LogP contribution is 2.27. The Hall–Kier alpha value is -1.98. The van der Waals surface area contributed by atoms with Crippen LogP contribution in [0.2, 0.25) is 0 Å². The van der Waals surface area contributed by atoms with E-state index in [2.05, 4.69) is 9.88 Å². The predicted molar refractivity (Wildman–Crippen MR) is 92.6 cm³/mol. The van der Waals surface area contributed by atoms with Gasteiger partial charge >= 0.3 is 6.09 Å². The first-order valence-electron chi connectivity index (χ1n) is 8.44. The summed E-state index contributed by atoms with van der Waals surface area (Å²) in [5, 5.41) is 2.80. The second kappa shape index (κ2) is 6.49. The summed E-state index contributed by atoms with van der Waals surface area (Å²) in [6.45, 7) is 12.7. The van der Waals surface area contributed by atoms with Gasteiger partial charge in [0, 0.05) is 36.9 Å². The first kappa shape index (κ1) is 18.4. The van der Waals surface area contributed by atoms with Crippen LogP contribution in [0.5, 0.6) is 0 Å². The molecule has 1 aliphatic rings. The lowest BCUT2D eigenvalue weighted by atomic mass is 9.99. The van der Waals surface area contributed by atoms with Crippen LogP contribution in [-0.2, 0) is 16.1 Å². The van der Waals surface area contributed by atoms with Gasteiger partial charge in [0.05, 0.1) is 6.04 Å². The molecular weight excluding hydrogens is 306 g/mol. The van der Waals surface area contributed by atoms with Gasteiger partial charge in [-0.2, -0.15) is 0 Å². The second-order valence-corrected chi connectivity index (χ2v) is 8.08. The van der Waals surface area contributed by atoms with Gasteiger partial charge in [-0.3, -0.25) is 4.79 Å². The third kappa shape index (κ3) is 4.52. The first-order chi connectivity index (χ1) is 11.0. The van der Waals surface area contributed by atoms with Crippen molar-refractivity contribution < 1.29 is 14.3 Å². The molecule has 0 saturated carbocycles. The molecule has 0 bridgehead atoms. The Morgan fingerprint density at radius 1 is 1.25 bits per heavy atom. The summed E-state index contributed by atoms with van der Waals surface area (Å²) in [4.78, 5) is 26.6. The highest BCUT2D eigenvalue weighted by molar-refractivity contribution is 5.79. The Morgan fingerprint density at radius 3 is 2.54 bits per heavy atom. The van der Waals surface area contributed by atoms with Crippen LogP contribution >= 0.6 is 0 Å². The number of nitrogens with zero attached hydrogens (tertiary/aromatic N) is 2. The molecule has 134 valence electrons. The maximum Gasteiger partial charge on any atom is 0.408 e. The molecule has 0 saturated heterocycles. The summed E-state index contributed by atoms with van der Waals surface area (Å²) in [6, 6.07) is 4.10. The predicted octanol–water partition coefficient (Wildman–Crippen LogP) is 3.08. The molecule has 0 unspecified atom stereocenters. The molecule has 1 atom stereocenters. The molecule has 1 aromatic rings. The number of nitrogens with one attached hydrogen (secondary N) is 1. The van der Waals surface area contributed by atoms with E-state index < -0.39 is 17.2 Å². The second-order valence-electron chi connectivity index (χ2n) is 8.08. The molecule has 6 nitrogen and oxygen atoms in total. The minimum absolute atomic E-state index is 0.0380. The van der Waals surface area contributed by atoms with Crippen LogP contribution < -0.4 is 5.32 Å². The number of hydrogen-bond donors (Lipinski definition) is 1. The van der Waals surface area contributed by atoms with Gasteiger partial charge < -0.3 is 19.5 Å². The van der Waals surface area contributed by atoms with E-state index in [1.165, 1.54) is 0 Å². The summed E-state index contributed by atoms with van der Waals surface area (Å²) >= 11 is 0. The van der Waals surface area contributed by atoms with Crippen molar-refractivity contribution in [3.05, 3.63) is 24.0 Å². The van der Waals surface area contributed by atoms with E-state index in [4.69, 9.17) is 4.74 Å². The van der Waals surface area contributed by atoms with Crippen molar-refractivity contribution in [3.8, 4) is 0 Å². The molecule has 2 heterocycles. The number of carbonyl (C=O) groups is 2. The molecule has 1 aliphatic heterocycles. The number of alkyl carbamates (subject to hydrolysis) is 1. The van der Waals surface area contributed by atoms with Crippen molar-refractivity contribution in [2.24, 2.45) is 0 Å². The maximum atomic E-state index is 12.7. The van der Waals surface area contributed by atoms with Crippen molar-refractivity contribution in [2.45, 2.75) is 71.7 Å². The summed E-state index contributed by atoms with van der Waals surface area (Å²) in [5.41, 5.74) is -0.0808. The van der Waals surface area contributed by atoms with Crippen LogP contribution in [0.3, 0.4) is 0 Å². The summed E-state index contributed by atoms with van der Waals surface area (Å²) < 4.78 is 7.46. The number of rotatable bonds is 3. The van der Waals surface area contributed by atoms with Crippen LogP contribution in [0.25, 0.3) is 0 Å². The molecule has 0 aromatic carbocycles. The average Bonchev–Trinajstić information content (AvgIpc) is 2.83. The van der Waals surface area contributed by atoms with Gasteiger partial charge in [-0.05, 0) is 53.7 Å². The van der Waals surface area contributed by atoms with Crippen molar-refractivity contribution in [1.82, 2.24) is 14.8 Å². The number of fused-ring (bicyclic) bond motifs is 1. The number of aromatic nitrogens is 1. The zero-order valence-electron chi connectivity index (χ0n) is 15.5. The Morgan fingerprint density at radius 2 is 1.92 bits per heavy atom. The van der Waals surface area contributed by atoms with Crippen molar-refractivity contribution in [3.63, 3.8) is 0 Å². The van der Waals surface area contributed by atoms with E-state index in [-0.39, 0.29) is 18.4 Å². The SMILES string of the molecule is C[C@H]1c2cccn2CCN1C(=O)CC(C)(C)NC(=O)OC(C)(C)C. The molecule has 0 radical (unpaired) electrons. The standard InChI is InChI=1S/C18H29N3O3/c1-13-14-8-7-9-20(14)10-11-21(13)15(22)12-18(5,6)19-16(23)24-17(2,3)4/h7-9,13H,10-12H2,1-6H3,(H,19,23)/t13-/m0/s1. The average molecular weight is 335 g/mol. The fourth-order valence-electron chi connectivity index (χ4n) is 3.02. The molecule has 0 fully saturated rings. The zero-order chi connectivity index (χ0) is 18.1. The van der Waals surface area contributed by atoms with Crippen LogP contribution in [0.15, 0.2) is 18.3 Å². The lowest BCUT2D eigenvalue weighted by molar-refractivity contribution is -0.135. The molecule has 24 heavy (non-hydrogen) atoms. The van der Waals surface area contributed by atoms with Crippen LogP contribution in [0.1, 0.15) is 59.7 Å². The normalized spacial score (nSPS) is 18.1. The van der Waals surface area contributed by atoms with Gasteiger partial charge in [0.15, 0.2) is 0 Å². The van der Waals surface area contributed by atoms with Gasteiger partial charge in [0.1, 0.15) is 5.60 Å². The summed E-state index contributed by atoms with van der Waals surface area (Å²) in [5.74, 6) is 0.0380. The van der Waals surface area contributed by atoms with Gasteiger partial charge in [-0.1, -0.05) is 0 Å². The molecule has 2 amide bonds. The van der Waals surface area contributed by atoms with E-state index in [1.54, 1.807) is 0 Å². The van der Waals surface area contributed by atoms with Gasteiger partial charge in [0.25, 0.3) is 0 Å². The van der Waals surface area contributed by atoms with Crippen LogP contribution in [0, 0.1) is 0 Å². The minimum Gasteiger partial charge on any atom is -0.444 e. The number of ether oxygens (including phenoxy) is 1. The molecule has 0 aliphatic carbocycles. The number of amides is 2. The minimum atomic E-state index is -0.668. The largest absolute Gasteiger partial charge is 0.444 e. The Bertz CT molecular complexity index is 613. The smallest absolute Gasteiger partial charge is 0.408 e. The van der Waals surface area contributed by atoms with Crippen molar-refractivity contribution in [2.75, 3.05) is 6.54 Å². The monoisotopic (exact) mass is 335 g/mol. The zero-order valence-corrected chi connectivity index (χ0v) is 15.5. The molecule has 2 rings (SSSR count). The van der Waals surface area contributed by atoms with Crippen LogP contribution in [0.4, 0.5) is 4.79 Å². The number of carbonyl (C=O) groups excluding carboxylic acids is 2. The van der Waals surface area contributed by atoms with Gasteiger partial charge in [0.2, 0.25) is 5.91 Å². The molecular formula is C18H29N3O3. The van der Waals surface area contributed by atoms with E-state index in [0.717, 1.165) is 12.2 Å². The highest BCUT2D eigenvalue weighted by Gasteiger charge is 2.33. The third-order valence-corrected chi connectivity index (χ3v) is 4.09. The fraction of sp³-hybridized carbons (Fsp3) is 0.667. The molecule has 1 N–H and O–H groups in total. The Labute approximate surface area is 144 Å². The Kier molecular flexibility index (Phi) is 4.97. The molecule has 0 spiro atoms. The third-order valence-electron chi connectivity index (χ3n) is 4.09.